The average Bonchev–Trinajstić information content (AvgIpc) is 2.24. The quantitative estimate of drug-likeness (QED) is 0.696. The lowest BCUT2D eigenvalue weighted by atomic mass is 10.3. The van der Waals surface area contributed by atoms with Crippen LogP contribution in [0, 0.1) is 0 Å². The summed E-state index contributed by atoms with van der Waals surface area (Å²) < 4.78 is 5.50. The number of pyridine rings is 1. The first-order chi connectivity index (χ1) is 7.29. The number of hydrogen-bond donors (Lipinski definition) is 1. The molecule has 0 atom stereocenters. The van der Waals surface area contributed by atoms with Crippen LogP contribution in [-0.4, -0.2) is 24.2 Å². The Balaban J connectivity index is 1.98. The minimum absolute atomic E-state index is 0.556. The molecule has 0 aliphatic carbocycles. The van der Waals surface area contributed by atoms with Crippen molar-refractivity contribution in [2.24, 2.45) is 0 Å². The van der Waals surface area contributed by atoms with Gasteiger partial charge < -0.3 is 10.1 Å². The summed E-state index contributed by atoms with van der Waals surface area (Å²) in [5, 5.41) is 3.35. The highest BCUT2D eigenvalue weighted by molar-refractivity contribution is 5.01. The van der Waals surface area contributed by atoms with Crippen LogP contribution in [0.15, 0.2) is 24.4 Å². The zero-order valence-corrected chi connectivity index (χ0v) is 9.57. The maximum atomic E-state index is 5.50. The molecule has 0 saturated heterocycles. The molecule has 0 spiro atoms. The molecule has 0 aliphatic heterocycles. The standard InChI is InChI=1S/C12H20N2O/c1-11(2)13-8-5-9-15-10-12-6-3-4-7-14-12/h3-4,6-7,11,13H,5,8-10H2,1-2H3. The number of ether oxygens (including phenoxy) is 1. The topological polar surface area (TPSA) is 34.1 Å². The van der Waals surface area contributed by atoms with E-state index in [-0.39, 0.29) is 0 Å². The normalized spacial score (nSPS) is 10.9. The molecule has 0 radical (unpaired) electrons. The fourth-order valence-corrected chi connectivity index (χ4v) is 1.23. The van der Waals surface area contributed by atoms with Crippen molar-refractivity contribution in [3.63, 3.8) is 0 Å². The predicted octanol–water partition coefficient (Wildman–Crippen LogP) is 1.99. The van der Waals surface area contributed by atoms with Gasteiger partial charge in [0, 0.05) is 18.8 Å². The van der Waals surface area contributed by atoms with E-state index >= 15 is 0 Å². The van der Waals surface area contributed by atoms with Gasteiger partial charge in [0.2, 0.25) is 0 Å². The van der Waals surface area contributed by atoms with Crippen LogP contribution in [0.25, 0.3) is 0 Å². The third-order valence-corrected chi connectivity index (χ3v) is 1.99. The Morgan fingerprint density at radius 2 is 2.27 bits per heavy atom. The van der Waals surface area contributed by atoms with Crippen LogP contribution in [0.5, 0.6) is 0 Å². The van der Waals surface area contributed by atoms with Gasteiger partial charge in [-0.1, -0.05) is 19.9 Å². The first kappa shape index (κ1) is 12.1. The molecule has 1 aromatic rings. The Kier molecular flexibility index (Phi) is 5.97. The Bertz CT molecular complexity index is 249. The van der Waals surface area contributed by atoms with Crippen molar-refractivity contribution in [3.05, 3.63) is 30.1 Å². The van der Waals surface area contributed by atoms with Crippen molar-refractivity contribution in [3.8, 4) is 0 Å². The van der Waals surface area contributed by atoms with E-state index in [0.29, 0.717) is 12.6 Å². The Morgan fingerprint density at radius 3 is 2.93 bits per heavy atom. The highest BCUT2D eigenvalue weighted by Gasteiger charge is 1.94. The summed E-state index contributed by atoms with van der Waals surface area (Å²) in [7, 11) is 0. The van der Waals surface area contributed by atoms with Crippen LogP contribution in [0.4, 0.5) is 0 Å². The molecule has 0 fully saturated rings. The van der Waals surface area contributed by atoms with Crippen molar-refractivity contribution >= 4 is 0 Å². The van der Waals surface area contributed by atoms with Gasteiger partial charge >= 0.3 is 0 Å². The predicted molar refractivity (Wildman–Crippen MR) is 61.6 cm³/mol. The fourth-order valence-electron chi connectivity index (χ4n) is 1.23. The molecule has 3 nitrogen and oxygen atoms in total. The smallest absolute Gasteiger partial charge is 0.0887 e. The third-order valence-electron chi connectivity index (χ3n) is 1.99. The molecular formula is C12H20N2O. The number of nitrogens with zero attached hydrogens (tertiary/aromatic N) is 1. The molecule has 1 heterocycles. The number of aromatic nitrogens is 1. The highest BCUT2D eigenvalue weighted by atomic mass is 16.5. The van der Waals surface area contributed by atoms with Crippen molar-refractivity contribution in [1.82, 2.24) is 10.3 Å². The molecule has 0 amide bonds. The first-order valence-corrected chi connectivity index (χ1v) is 5.50. The summed E-state index contributed by atoms with van der Waals surface area (Å²) in [5.74, 6) is 0. The van der Waals surface area contributed by atoms with Gasteiger partial charge in [-0.2, -0.15) is 0 Å². The van der Waals surface area contributed by atoms with E-state index in [1.165, 1.54) is 0 Å². The second-order valence-corrected chi connectivity index (χ2v) is 3.84. The highest BCUT2D eigenvalue weighted by Crippen LogP contribution is 1.96. The van der Waals surface area contributed by atoms with Crippen LogP contribution in [-0.2, 0) is 11.3 Å². The average molecular weight is 208 g/mol. The molecule has 3 heteroatoms. The van der Waals surface area contributed by atoms with Gasteiger partial charge in [-0.15, -0.1) is 0 Å². The van der Waals surface area contributed by atoms with Gasteiger partial charge in [0.05, 0.1) is 12.3 Å². The summed E-state index contributed by atoms with van der Waals surface area (Å²) in [6.45, 7) is 6.71. The van der Waals surface area contributed by atoms with Gasteiger partial charge in [-0.25, -0.2) is 0 Å². The lowest BCUT2D eigenvalue weighted by Crippen LogP contribution is -2.24. The molecule has 0 aliphatic rings. The van der Waals surface area contributed by atoms with Crippen LogP contribution in [0.2, 0.25) is 0 Å². The van der Waals surface area contributed by atoms with Gasteiger partial charge in [-0.3, -0.25) is 4.98 Å². The molecule has 0 unspecified atom stereocenters. The van der Waals surface area contributed by atoms with Gasteiger partial charge in [0.25, 0.3) is 0 Å². The number of hydrogen-bond acceptors (Lipinski definition) is 3. The summed E-state index contributed by atoms with van der Waals surface area (Å²) in [6.07, 6.45) is 2.84. The SMILES string of the molecule is CC(C)NCCCOCc1ccccn1. The molecule has 1 rings (SSSR count). The van der Waals surface area contributed by atoms with Crippen molar-refractivity contribution in [2.75, 3.05) is 13.2 Å². The number of nitrogens with one attached hydrogen (secondary N) is 1. The Morgan fingerprint density at radius 1 is 1.40 bits per heavy atom. The van der Waals surface area contributed by atoms with E-state index in [2.05, 4.69) is 24.1 Å². The van der Waals surface area contributed by atoms with E-state index in [9.17, 15) is 0 Å². The van der Waals surface area contributed by atoms with E-state index in [1.807, 2.05) is 18.2 Å². The second-order valence-electron chi connectivity index (χ2n) is 3.84. The summed E-state index contributed by atoms with van der Waals surface area (Å²) in [6, 6.07) is 6.43. The van der Waals surface area contributed by atoms with Gasteiger partial charge in [-0.05, 0) is 25.1 Å². The van der Waals surface area contributed by atoms with Crippen LogP contribution in [0.3, 0.4) is 0 Å². The Hall–Kier alpha value is -0.930. The van der Waals surface area contributed by atoms with Crippen molar-refractivity contribution in [1.29, 1.82) is 0 Å². The molecule has 84 valence electrons. The van der Waals surface area contributed by atoms with Gasteiger partial charge in [0.1, 0.15) is 0 Å². The maximum absolute atomic E-state index is 5.50. The van der Waals surface area contributed by atoms with E-state index in [4.69, 9.17) is 4.74 Å². The summed E-state index contributed by atoms with van der Waals surface area (Å²) >= 11 is 0. The molecule has 0 bridgehead atoms. The minimum Gasteiger partial charge on any atom is -0.375 e. The van der Waals surface area contributed by atoms with E-state index in [0.717, 1.165) is 25.3 Å². The van der Waals surface area contributed by atoms with Crippen molar-refractivity contribution < 1.29 is 4.74 Å². The third kappa shape index (κ3) is 6.20. The monoisotopic (exact) mass is 208 g/mol. The first-order valence-electron chi connectivity index (χ1n) is 5.50. The Labute approximate surface area is 91.9 Å². The lowest BCUT2D eigenvalue weighted by molar-refractivity contribution is 0.115. The van der Waals surface area contributed by atoms with Crippen LogP contribution >= 0.6 is 0 Å². The van der Waals surface area contributed by atoms with Gasteiger partial charge in [0.15, 0.2) is 0 Å². The zero-order chi connectivity index (χ0) is 10.9. The van der Waals surface area contributed by atoms with Crippen LogP contribution in [0.1, 0.15) is 26.0 Å². The molecule has 15 heavy (non-hydrogen) atoms. The van der Waals surface area contributed by atoms with E-state index in [1.54, 1.807) is 6.20 Å². The maximum Gasteiger partial charge on any atom is 0.0887 e. The zero-order valence-electron chi connectivity index (χ0n) is 9.57. The van der Waals surface area contributed by atoms with Crippen LogP contribution < -0.4 is 5.32 Å². The molecular weight excluding hydrogens is 188 g/mol. The van der Waals surface area contributed by atoms with E-state index < -0.39 is 0 Å². The fraction of sp³-hybridized carbons (Fsp3) is 0.583. The van der Waals surface area contributed by atoms with Crippen molar-refractivity contribution in [2.45, 2.75) is 32.9 Å². The molecule has 1 N–H and O–H groups in total. The largest absolute Gasteiger partial charge is 0.375 e. The minimum atomic E-state index is 0.556. The molecule has 0 saturated carbocycles. The summed E-state index contributed by atoms with van der Waals surface area (Å²) in [5.41, 5.74) is 0.995. The molecule has 0 aromatic carbocycles. The second kappa shape index (κ2) is 7.37. The number of rotatable bonds is 7. The summed E-state index contributed by atoms with van der Waals surface area (Å²) in [4.78, 5) is 4.18. The molecule has 1 aromatic heterocycles. The lowest BCUT2D eigenvalue weighted by Gasteiger charge is -2.07.